The van der Waals surface area contributed by atoms with Gasteiger partial charge in [-0.25, -0.2) is 0 Å². The number of halogens is 2. The number of carbonyl (C=O) groups is 1. The van der Waals surface area contributed by atoms with Crippen LogP contribution >= 0.6 is 23.2 Å². The first-order chi connectivity index (χ1) is 18.0. The Morgan fingerprint density at radius 2 is 1.77 bits per heavy atom. The van der Waals surface area contributed by atoms with Crippen molar-refractivity contribution in [1.29, 1.82) is 0 Å². The van der Waals surface area contributed by atoms with Gasteiger partial charge in [0.1, 0.15) is 16.3 Å². The minimum atomic E-state index is -4.70. The summed E-state index contributed by atoms with van der Waals surface area (Å²) in [6, 6.07) is 15.2. The summed E-state index contributed by atoms with van der Waals surface area (Å²) in [7, 11) is -4.70. The van der Waals surface area contributed by atoms with E-state index in [0.717, 1.165) is 6.07 Å². The van der Waals surface area contributed by atoms with E-state index in [4.69, 9.17) is 27.9 Å². The maximum atomic E-state index is 13.4. The molecule has 0 atom stereocenters. The molecule has 9 nitrogen and oxygen atoms in total. The molecule has 0 aliphatic carbocycles. The van der Waals surface area contributed by atoms with Gasteiger partial charge >= 0.3 is 29.6 Å². The molecule has 0 fully saturated rings. The van der Waals surface area contributed by atoms with E-state index in [1.807, 2.05) is 6.92 Å². The number of aryl methyl sites for hydroxylation is 1. The number of nitrogens with zero attached hydrogens (tertiary/aromatic N) is 2. The van der Waals surface area contributed by atoms with E-state index in [2.05, 4.69) is 15.5 Å². The molecule has 4 aromatic rings. The predicted molar refractivity (Wildman–Crippen MR) is 144 cm³/mol. The molecule has 0 bridgehead atoms. The Morgan fingerprint density at radius 1 is 1.05 bits per heavy atom. The fourth-order valence-electron chi connectivity index (χ4n) is 3.66. The second-order valence-corrected chi connectivity index (χ2v) is 10.3. The van der Waals surface area contributed by atoms with Crippen LogP contribution < -0.4 is 44.7 Å². The number of carbonyl (C=O) groups excluding carboxylic acids is 1. The Kier molecular flexibility index (Phi) is 10.0. The molecule has 4 rings (SSSR count). The predicted octanol–water partition coefficient (Wildman–Crippen LogP) is 3.85. The first-order valence-corrected chi connectivity index (χ1v) is 13.3. The van der Waals surface area contributed by atoms with E-state index in [1.54, 1.807) is 43.3 Å². The number of anilines is 1. The van der Waals surface area contributed by atoms with Gasteiger partial charge in [-0.2, -0.15) is 13.5 Å². The van der Waals surface area contributed by atoms with Crippen LogP contribution in [0.3, 0.4) is 0 Å². The largest absolute Gasteiger partial charge is 1.00 e. The van der Waals surface area contributed by atoms with Crippen LogP contribution in [-0.2, 0) is 10.1 Å². The molecule has 0 radical (unpaired) electrons. The fraction of sp³-hybridized carbons (Fsp3) is 0.115. The number of rotatable bonds is 7. The van der Waals surface area contributed by atoms with Crippen molar-refractivity contribution < 1.29 is 57.2 Å². The quantitative estimate of drug-likeness (QED) is 0.189. The van der Waals surface area contributed by atoms with Crippen LogP contribution in [0.4, 0.5) is 17.1 Å². The van der Waals surface area contributed by atoms with Crippen molar-refractivity contribution in [3.05, 3.63) is 81.8 Å². The van der Waals surface area contributed by atoms with E-state index >= 15 is 0 Å². The van der Waals surface area contributed by atoms with Crippen molar-refractivity contribution in [2.75, 3.05) is 11.9 Å². The van der Waals surface area contributed by atoms with Gasteiger partial charge < -0.3 is 15.2 Å². The van der Waals surface area contributed by atoms with E-state index in [1.165, 1.54) is 18.2 Å². The number of nitrogens with one attached hydrogen (secondary N) is 1. The Bertz CT molecular complexity index is 1710. The third-order valence-electron chi connectivity index (χ3n) is 5.49. The van der Waals surface area contributed by atoms with Gasteiger partial charge in [-0.1, -0.05) is 53.2 Å². The van der Waals surface area contributed by atoms with Crippen molar-refractivity contribution >= 4 is 67.1 Å². The Morgan fingerprint density at radius 3 is 2.44 bits per heavy atom. The van der Waals surface area contributed by atoms with Crippen LogP contribution in [0.15, 0.2) is 75.8 Å². The molecular formula is C26H20Cl2N3NaO6S. The maximum absolute atomic E-state index is 13.4. The van der Waals surface area contributed by atoms with Gasteiger partial charge in [0.25, 0.3) is 16.0 Å². The van der Waals surface area contributed by atoms with Crippen molar-refractivity contribution in [2.24, 2.45) is 10.2 Å². The molecule has 0 aliphatic heterocycles. The molecular weight excluding hydrogens is 576 g/mol. The van der Waals surface area contributed by atoms with Crippen molar-refractivity contribution in [3.63, 3.8) is 0 Å². The number of fused-ring (bicyclic) bond motifs is 1. The maximum Gasteiger partial charge on any atom is 1.00 e. The summed E-state index contributed by atoms with van der Waals surface area (Å²) >= 11 is 12.2. The van der Waals surface area contributed by atoms with Crippen LogP contribution in [0.25, 0.3) is 10.8 Å². The average molecular weight is 596 g/mol. The minimum absolute atomic E-state index is 0. The molecule has 0 unspecified atom stereocenters. The van der Waals surface area contributed by atoms with Gasteiger partial charge in [0.15, 0.2) is 0 Å². The summed E-state index contributed by atoms with van der Waals surface area (Å²) < 4.78 is 38.7. The van der Waals surface area contributed by atoms with Crippen molar-refractivity contribution in [1.82, 2.24) is 0 Å². The van der Waals surface area contributed by atoms with Crippen molar-refractivity contribution in [2.45, 2.75) is 18.7 Å². The summed E-state index contributed by atoms with van der Waals surface area (Å²) in [6.07, 6.45) is 0. The molecule has 0 aliphatic rings. The number of hydrogen-bond donors (Lipinski definition) is 2. The van der Waals surface area contributed by atoms with E-state index in [-0.39, 0.29) is 56.5 Å². The van der Waals surface area contributed by atoms with E-state index in [9.17, 15) is 22.9 Å². The first-order valence-electron chi connectivity index (χ1n) is 11.2. The fourth-order valence-corrected chi connectivity index (χ4v) is 4.76. The Balaban J connectivity index is 0.00000420. The topological polar surface area (TPSA) is 140 Å². The van der Waals surface area contributed by atoms with Gasteiger partial charge in [-0.3, -0.25) is 9.35 Å². The van der Waals surface area contributed by atoms with Crippen LogP contribution in [-0.4, -0.2) is 25.5 Å². The molecule has 13 heteroatoms. The third-order valence-corrected chi connectivity index (χ3v) is 7.07. The van der Waals surface area contributed by atoms with Crippen LogP contribution in [0, 0.1) is 6.92 Å². The summed E-state index contributed by atoms with van der Waals surface area (Å²) in [5.74, 6) is -0.994. The first kappa shape index (κ1) is 30.8. The molecule has 0 heterocycles. The molecule has 1 amide bonds. The van der Waals surface area contributed by atoms with Gasteiger partial charge in [0.2, 0.25) is 0 Å². The van der Waals surface area contributed by atoms with Crippen LogP contribution in [0.1, 0.15) is 22.8 Å². The van der Waals surface area contributed by atoms with E-state index in [0.29, 0.717) is 34.4 Å². The number of ether oxygens (including phenoxy) is 1. The average Bonchev–Trinajstić information content (AvgIpc) is 2.86. The molecule has 4 aromatic carbocycles. The molecule has 0 aromatic heterocycles. The number of azo groups is 1. The zero-order valence-corrected chi connectivity index (χ0v) is 25.4. The normalized spacial score (nSPS) is 11.4. The summed E-state index contributed by atoms with van der Waals surface area (Å²) in [5.41, 5.74) is 0.185. The summed E-state index contributed by atoms with van der Waals surface area (Å²) in [6.45, 7) is 3.84. The number of benzene rings is 4. The number of hydrogen-bond acceptors (Lipinski definition) is 7. The Hall–Kier alpha value is -2.70. The molecule has 196 valence electrons. The molecule has 0 spiro atoms. The monoisotopic (exact) mass is 595 g/mol. The van der Waals surface area contributed by atoms with E-state index < -0.39 is 26.7 Å². The zero-order chi connectivity index (χ0) is 27.6. The van der Waals surface area contributed by atoms with Gasteiger partial charge in [0, 0.05) is 21.7 Å². The second kappa shape index (κ2) is 12.6. The standard InChI is InChI=1S/C26H21Cl2N3O6S.Na/c1-3-37-22-9-8-16(12-20(22)28)29-26(33)18-11-15-6-4-5-7-17(15)24(25(18)32)31-30-21-10-14(2)19(27)13-23(21)38(34,35)36;/h4-13,32H,3H2,1-2H3,(H,29,33)(H,34,35,36);/q;+1/p-1. The van der Waals surface area contributed by atoms with Gasteiger partial charge in [0.05, 0.1) is 17.3 Å². The SMILES string of the molecule is CCOc1ccc(NC(=O)c2cc3ccccc3c(N=Nc3cc(C)c(Cl)cc3S(=O)(=O)O)c2[O-])cc1Cl.[Na+]. The number of amides is 1. The summed E-state index contributed by atoms with van der Waals surface area (Å²) in [4.78, 5) is 12.5. The molecule has 39 heavy (non-hydrogen) atoms. The molecule has 0 saturated heterocycles. The zero-order valence-electron chi connectivity index (χ0n) is 21.0. The Labute approximate surface area is 256 Å². The third kappa shape index (κ3) is 6.90. The van der Waals surface area contributed by atoms with Gasteiger partial charge in [-0.05, 0) is 61.2 Å². The molecule has 0 saturated carbocycles. The molecule has 2 N–H and O–H groups in total. The van der Waals surface area contributed by atoms with Crippen molar-refractivity contribution in [3.8, 4) is 11.5 Å². The minimum Gasteiger partial charge on any atom is -0.870 e. The van der Waals surface area contributed by atoms with Gasteiger partial charge in [-0.15, -0.1) is 5.11 Å². The second-order valence-electron chi connectivity index (χ2n) is 8.10. The summed E-state index contributed by atoms with van der Waals surface area (Å²) in [5, 5.41) is 25.3. The van der Waals surface area contributed by atoms with Crippen LogP contribution in [0.5, 0.6) is 11.5 Å². The smallest absolute Gasteiger partial charge is 0.870 e. The van der Waals surface area contributed by atoms with Crippen LogP contribution in [0.2, 0.25) is 10.0 Å².